The van der Waals surface area contributed by atoms with Crippen molar-refractivity contribution >= 4 is 40.6 Å². The first-order valence-corrected chi connectivity index (χ1v) is 7.39. The van der Waals surface area contributed by atoms with Gasteiger partial charge in [-0.05, 0) is 30.3 Å². The molecule has 0 fully saturated rings. The van der Waals surface area contributed by atoms with Gasteiger partial charge in [-0.2, -0.15) is 5.10 Å². The molecule has 2 amide bonds. The summed E-state index contributed by atoms with van der Waals surface area (Å²) in [6, 6.07) is 12.5. The first-order valence-electron chi connectivity index (χ1n) is 6.63. The van der Waals surface area contributed by atoms with Crippen molar-refractivity contribution in [2.45, 2.75) is 0 Å². The number of urea groups is 1. The molecule has 22 heavy (non-hydrogen) atoms. The highest BCUT2D eigenvalue weighted by Crippen LogP contribution is 2.30. The summed E-state index contributed by atoms with van der Waals surface area (Å²) in [6.45, 7) is 0. The number of anilines is 1. The van der Waals surface area contributed by atoms with E-state index in [1.165, 1.54) is 5.01 Å². The highest BCUT2D eigenvalue weighted by molar-refractivity contribution is 6.32. The highest BCUT2D eigenvalue weighted by Gasteiger charge is 2.26. The molecule has 0 atom stereocenters. The van der Waals surface area contributed by atoms with Crippen LogP contribution in [0.4, 0.5) is 10.5 Å². The van der Waals surface area contributed by atoms with Gasteiger partial charge in [-0.3, -0.25) is 4.90 Å². The van der Waals surface area contributed by atoms with Crippen LogP contribution in [-0.2, 0) is 0 Å². The van der Waals surface area contributed by atoms with Crippen LogP contribution < -0.4 is 4.90 Å². The average molecular weight is 334 g/mol. The number of amides is 2. The summed E-state index contributed by atoms with van der Waals surface area (Å²) in [6.07, 6.45) is 0. The second kappa shape index (κ2) is 5.63. The van der Waals surface area contributed by atoms with E-state index >= 15 is 0 Å². The van der Waals surface area contributed by atoms with Gasteiger partial charge in [-0.25, -0.2) is 9.80 Å². The number of benzene rings is 2. The fourth-order valence-electron chi connectivity index (χ4n) is 2.38. The normalized spacial score (nSPS) is 14.5. The van der Waals surface area contributed by atoms with Crippen LogP contribution in [0.2, 0.25) is 10.0 Å². The number of nitrogens with zero attached hydrogens (tertiary/aromatic N) is 3. The van der Waals surface area contributed by atoms with Crippen molar-refractivity contribution in [3.8, 4) is 0 Å². The minimum Gasteiger partial charge on any atom is -0.295 e. The van der Waals surface area contributed by atoms with Crippen LogP contribution in [0.15, 0.2) is 47.6 Å². The predicted octanol–water partition coefficient (Wildman–Crippen LogP) is 4.25. The van der Waals surface area contributed by atoms with E-state index in [4.69, 9.17) is 23.2 Å². The maximum absolute atomic E-state index is 12.3. The lowest BCUT2D eigenvalue weighted by molar-refractivity contribution is 0.219. The first-order chi connectivity index (χ1) is 10.5. The Morgan fingerprint density at radius 2 is 1.59 bits per heavy atom. The van der Waals surface area contributed by atoms with Crippen LogP contribution in [0.1, 0.15) is 11.1 Å². The largest absolute Gasteiger partial charge is 0.344 e. The number of rotatable bonds is 1. The molecular weight excluding hydrogens is 321 g/mol. The molecule has 0 saturated carbocycles. The number of hydrogen-bond donors (Lipinski definition) is 0. The summed E-state index contributed by atoms with van der Waals surface area (Å²) in [5, 5.41) is 7.00. The fraction of sp³-hybridized carbons (Fsp3) is 0.125. The molecule has 4 nitrogen and oxygen atoms in total. The maximum Gasteiger partial charge on any atom is 0.344 e. The quantitative estimate of drug-likeness (QED) is 0.768. The molecule has 1 aliphatic heterocycles. The van der Waals surface area contributed by atoms with E-state index in [9.17, 15) is 4.79 Å². The molecule has 2 aromatic carbocycles. The molecule has 2 aromatic rings. The third-order valence-corrected chi connectivity index (χ3v) is 3.99. The zero-order valence-electron chi connectivity index (χ0n) is 12.0. The molecule has 6 heteroatoms. The topological polar surface area (TPSA) is 35.9 Å². The Hall–Kier alpha value is -2.04. The first kappa shape index (κ1) is 14.9. The van der Waals surface area contributed by atoms with Gasteiger partial charge in [0.1, 0.15) is 5.71 Å². The third-order valence-electron chi connectivity index (χ3n) is 3.51. The van der Waals surface area contributed by atoms with Gasteiger partial charge < -0.3 is 0 Å². The van der Waals surface area contributed by atoms with Crippen molar-refractivity contribution in [3.63, 3.8) is 0 Å². The average Bonchev–Trinajstić information content (AvgIpc) is 2.59. The van der Waals surface area contributed by atoms with Crippen LogP contribution in [0, 0.1) is 0 Å². The van der Waals surface area contributed by atoms with Crippen molar-refractivity contribution in [1.29, 1.82) is 0 Å². The zero-order valence-corrected chi connectivity index (χ0v) is 13.6. The van der Waals surface area contributed by atoms with Gasteiger partial charge in [-0.1, -0.05) is 35.3 Å². The maximum atomic E-state index is 12.3. The van der Waals surface area contributed by atoms with Gasteiger partial charge >= 0.3 is 6.03 Å². The van der Waals surface area contributed by atoms with Gasteiger partial charge in [-0.15, -0.1) is 0 Å². The molecule has 0 radical (unpaired) electrons. The Kier molecular flexibility index (Phi) is 3.81. The minimum absolute atomic E-state index is 0.215. The van der Waals surface area contributed by atoms with Gasteiger partial charge in [0.2, 0.25) is 0 Å². The fourth-order valence-corrected chi connectivity index (χ4v) is 2.68. The molecule has 3 rings (SSSR count). The molecule has 0 N–H and O–H groups in total. The Balaban J connectivity index is 2.25. The molecule has 0 spiro atoms. The van der Waals surface area contributed by atoms with E-state index in [0.29, 0.717) is 15.8 Å². The Bertz CT molecular complexity index is 771. The van der Waals surface area contributed by atoms with Crippen molar-refractivity contribution < 1.29 is 4.79 Å². The molecule has 0 aromatic heterocycles. The van der Waals surface area contributed by atoms with E-state index < -0.39 is 0 Å². The Morgan fingerprint density at radius 3 is 2.27 bits per heavy atom. The second-order valence-electron chi connectivity index (χ2n) is 4.98. The summed E-state index contributed by atoms with van der Waals surface area (Å²) >= 11 is 12.1. The number of carbonyl (C=O) groups excluding carboxylic acids is 1. The number of hydrazone groups is 1. The van der Waals surface area contributed by atoms with Crippen molar-refractivity contribution in [3.05, 3.63) is 63.6 Å². The lowest BCUT2D eigenvalue weighted by Gasteiger charge is -2.19. The van der Waals surface area contributed by atoms with Crippen molar-refractivity contribution in [2.24, 2.45) is 5.10 Å². The van der Waals surface area contributed by atoms with E-state index in [1.54, 1.807) is 37.2 Å². The lowest BCUT2D eigenvalue weighted by Crippen LogP contribution is -2.34. The monoisotopic (exact) mass is 333 g/mol. The molecule has 0 unspecified atom stereocenters. The lowest BCUT2D eigenvalue weighted by atomic mass is 10.0. The van der Waals surface area contributed by atoms with Crippen molar-refractivity contribution in [1.82, 2.24) is 5.01 Å². The second-order valence-corrected chi connectivity index (χ2v) is 5.86. The van der Waals surface area contributed by atoms with E-state index in [2.05, 4.69) is 5.10 Å². The van der Waals surface area contributed by atoms with E-state index in [-0.39, 0.29) is 6.03 Å². The molecule has 112 valence electrons. The number of carbonyl (C=O) groups is 1. The van der Waals surface area contributed by atoms with E-state index in [1.807, 2.05) is 24.3 Å². The van der Waals surface area contributed by atoms with Crippen LogP contribution in [0.25, 0.3) is 0 Å². The van der Waals surface area contributed by atoms with Crippen LogP contribution in [0.3, 0.4) is 0 Å². The summed E-state index contributed by atoms with van der Waals surface area (Å²) < 4.78 is 0. The van der Waals surface area contributed by atoms with Crippen LogP contribution in [0.5, 0.6) is 0 Å². The standard InChI is InChI=1S/C16H13Cl2N3O/c1-20-14-8-7-12(18)9-13(14)15(19-21(2)16(20)22)10-3-5-11(17)6-4-10/h3-9H,1-2H3. The third kappa shape index (κ3) is 2.56. The summed E-state index contributed by atoms with van der Waals surface area (Å²) in [4.78, 5) is 13.9. The van der Waals surface area contributed by atoms with Gasteiger partial charge in [0, 0.05) is 35.3 Å². The van der Waals surface area contributed by atoms with Gasteiger partial charge in [0.05, 0.1) is 5.69 Å². The molecule has 0 aliphatic carbocycles. The van der Waals surface area contributed by atoms with Gasteiger partial charge in [0.25, 0.3) is 0 Å². The summed E-state index contributed by atoms with van der Waals surface area (Å²) in [7, 11) is 3.34. The predicted molar refractivity (Wildman–Crippen MR) is 90.1 cm³/mol. The smallest absolute Gasteiger partial charge is 0.295 e. The van der Waals surface area contributed by atoms with E-state index in [0.717, 1.165) is 16.8 Å². The van der Waals surface area contributed by atoms with Crippen molar-refractivity contribution in [2.75, 3.05) is 19.0 Å². The highest BCUT2D eigenvalue weighted by atomic mass is 35.5. The molecular formula is C16H13Cl2N3O. The van der Waals surface area contributed by atoms with Crippen LogP contribution in [-0.4, -0.2) is 30.8 Å². The molecule has 0 saturated heterocycles. The Morgan fingerprint density at radius 1 is 0.955 bits per heavy atom. The SMILES string of the molecule is CN1N=C(c2ccc(Cl)cc2)c2cc(Cl)ccc2N(C)C1=O. The Labute approximate surface area is 138 Å². The number of halogens is 2. The molecule has 0 bridgehead atoms. The van der Waals surface area contributed by atoms with Gasteiger partial charge in [0.15, 0.2) is 0 Å². The number of fused-ring (bicyclic) bond motifs is 1. The molecule has 1 heterocycles. The van der Waals surface area contributed by atoms with Crippen LogP contribution >= 0.6 is 23.2 Å². The minimum atomic E-state index is -0.215. The zero-order chi connectivity index (χ0) is 15.9. The summed E-state index contributed by atoms with van der Waals surface area (Å²) in [5.74, 6) is 0. The summed E-state index contributed by atoms with van der Waals surface area (Å²) in [5.41, 5.74) is 3.10. The number of hydrogen-bond acceptors (Lipinski definition) is 2. The molecule has 1 aliphatic rings.